The molecule has 10 nitrogen and oxygen atoms in total. The van der Waals surface area contributed by atoms with Gasteiger partial charge in [-0.05, 0) is 63.1 Å². The SMILES string of the molecule is C=CCO[C@@H]1O[C@@H](C)[C@H](O[C@H]2O[C@H](COCc3ccccc3)[C@@H](OCc3ccccc3)[C@H](OCc3ccccc3)[C@H]2OC(C)C2CC2)[C@H]2OC(C)(C)O[C@@H]12. The van der Waals surface area contributed by atoms with Gasteiger partial charge in [0.05, 0.1) is 45.2 Å². The van der Waals surface area contributed by atoms with Gasteiger partial charge in [0.25, 0.3) is 0 Å². The molecule has 4 fully saturated rings. The van der Waals surface area contributed by atoms with Crippen molar-refractivity contribution < 1.29 is 47.4 Å². The third-order valence-corrected chi connectivity index (χ3v) is 10.4. The van der Waals surface area contributed by atoms with Crippen LogP contribution in [-0.2, 0) is 67.2 Å². The van der Waals surface area contributed by atoms with Crippen LogP contribution in [0.15, 0.2) is 104 Å². The van der Waals surface area contributed by atoms with Gasteiger partial charge in [0.15, 0.2) is 18.4 Å². The van der Waals surface area contributed by atoms with Gasteiger partial charge < -0.3 is 47.4 Å². The Morgan fingerprint density at radius 3 is 1.87 bits per heavy atom. The molecule has 3 aromatic carbocycles. The van der Waals surface area contributed by atoms with Crippen LogP contribution in [0.1, 0.15) is 57.2 Å². The van der Waals surface area contributed by atoms with Gasteiger partial charge >= 0.3 is 0 Å². The van der Waals surface area contributed by atoms with Crippen molar-refractivity contribution >= 4 is 0 Å². The largest absolute Gasteiger partial charge is 0.374 e. The van der Waals surface area contributed by atoms with Crippen LogP contribution in [0.2, 0.25) is 0 Å². The lowest BCUT2D eigenvalue weighted by Gasteiger charge is -2.49. The van der Waals surface area contributed by atoms with Crippen molar-refractivity contribution in [2.45, 2.75) is 134 Å². The molecule has 1 saturated carbocycles. The maximum atomic E-state index is 7.06. The van der Waals surface area contributed by atoms with Crippen molar-refractivity contribution in [2.24, 2.45) is 5.92 Å². The molecule has 0 amide bonds. The molecule has 0 bridgehead atoms. The van der Waals surface area contributed by atoms with Gasteiger partial charge in [-0.2, -0.15) is 0 Å². The third-order valence-electron chi connectivity index (χ3n) is 10.4. The van der Waals surface area contributed by atoms with Gasteiger partial charge in [-0.3, -0.25) is 0 Å². The van der Waals surface area contributed by atoms with Crippen LogP contribution in [0.4, 0.5) is 0 Å². The molecule has 0 spiro atoms. The van der Waals surface area contributed by atoms with E-state index in [9.17, 15) is 0 Å². The molecule has 3 saturated heterocycles. The second kappa shape index (κ2) is 18.3. The van der Waals surface area contributed by atoms with Crippen molar-refractivity contribution in [3.8, 4) is 0 Å². The highest BCUT2D eigenvalue weighted by atomic mass is 16.8. The normalized spacial score (nSPS) is 32.5. The van der Waals surface area contributed by atoms with Gasteiger partial charge in [-0.25, -0.2) is 0 Å². The molecule has 0 radical (unpaired) electrons. The predicted molar refractivity (Wildman–Crippen MR) is 201 cm³/mol. The lowest BCUT2D eigenvalue weighted by molar-refractivity contribution is -0.362. The first kappa shape index (κ1) is 39.2. The van der Waals surface area contributed by atoms with Gasteiger partial charge in [0, 0.05) is 0 Å². The molecule has 4 aliphatic rings. The number of fused-ring (bicyclic) bond motifs is 1. The number of hydrogen-bond acceptors (Lipinski definition) is 10. The van der Waals surface area contributed by atoms with Crippen LogP contribution < -0.4 is 0 Å². The molecular formula is C44H56O10. The summed E-state index contributed by atoms with van der Waals surface area (Å²) < 4.78 is 66.5. The van der Waals surface area contributed by atoms with Gasteiger partial charge in [-0.1, -0.05) is 97.1 Å². The van der Waals surface area contributed by atoms with Crippen LogP contribution in [0.3, 0.4) is 0 Å². The lowest BCUT2D eigenvalue weighted by atomic mass is 9.96. The maximum absolute atomic E-state index is 7.06. The first-order valence-electron chi connectivity index (χ1n) is 19.4. The van der Waals surface area contributed by atoms with E-state index in [1.54, 1.807) is 6.08 Å². The Morgan fingerprint density at radius 2 is 1.28 bits per heavy atom. The Labute approximate surface area is 319 Å². The van der Waals surface area contributed by atoms with E-state index in [0.29, 0.717) is 32.3 Å². The van der Waals surface area contributed by atoms with E-state index < -0.39 is 67.2 Å². The summed E-state index contributed by atoms with van der Waals surface area (Å²) in [6.45, 7) is 13.3. The summed E-state index contributed by atoms with van der Waals surface area (Å²) in [6.07, 6.45) is -2.12. The van der Waals surface area contributed by atoms with Crippen molar-refractivity contribution in [3.63, 3.8) is 0 Å². The summed E-state index contributed by atoms with van der Waals surface area (Å²) in [7, 11) is 0. The summed E-state index contributed by atoms with van der Waals surface area (Å²) in [5.41, 5.74) is 3.14. The van der Waals surface area contributed by atoms with Crippen LogP contribution >= 0.6 is 0 Å². The molecule has 1 unspecified atom stereocenters. The Hall–Kier alpha value is -3.00. The molecule has 3 aliphatic heterocycles. The molecule has 1 aliphatic carbocycles. The minimum Gasteiger partial charge on any atom is -0.374 e. The van der Waals surface area contributed by atoms with E-state index >= 15 is 0 Å². The van der Waals surface area contributed by atoms with E-state index in [2.05, 4.69) is 37.8 Å². The fourth-order valence-corrected chi connectivity index (χ4v) is 7.54. The first-order chi connectivity index (χ1) is 26.3. The zero-order valence-electron chi connectivity index (χ0n) is 31.9. The summed E-state index contributed by atoms with van der Waals surface area (Å²) >= 11 is 0. The average Bonchev–Trinajstić information content (AvgIpc) is 3.98. The quantitative estimate of drug-likeness (QED) is 0.125. The summed E-state index contributed by atoms with van der Waals surface area (Å²) in [5, 5.41) is 0. The number of benzene rings is 3. The molecular weight excluding hydrogens is 688 g/mol. The van der Waals surface area contributed by atoms with Crippen molar-refractivity contribution in [1.29, 1.82) is 0 Å². The van der Waals surface area contributed by atoms with Crippen LogP contribution in [0.5, 0.6) is 0 Å². The molecule has 292 valence electrons. The van der Waals surface area contributed by atoms with Gasteiger partial charge in [0.2, 0.25) is 0 Å². The Kier molecular flexibility index (Phi) is 13.3. The van der Waals surface area contributed by atoms with Gasteiger partial charge in [-0.15, -0.1) is 6.58 Å². The summed E-state index contributed by atoms with van der Waals surface area (Å²) in [4.78, 5) is 0. The highest BCUT2D eigenvalue weighted by molar-refractivity contribution is 5.15. The highest BCUT2D eigenvalue weighted by Gasteiger charge is 2.58. The van der Waals surface area contributed by atoms with E-state index in [0.717, 1.165) is 29.5 Å². The molecule has 0 N–H and O–H groups in total. The highest BCUT2D eigenvalue weighted by Crippen LogP contribution is 2.42. The fraction of sp³-hybridized carbons (Fsp3) is 0.545. The Morgan fingerprint density at radius 1 is 0.704 bits per heavy atom. The van der Waals surface area contributed by atoms with Crippen LogP contribution in [0, 0.1) is 5.92 Å². The zero-order valence-corrected chi connectivity index (χ0v) is 31.9. The second-order valence-electron chi connectivity index (χ2n) is 15.2. The molecule has 10 heteroatoms. The first-order valence-corrected chi connectivity index (χ1v) is 19.4. The third kappa shape index (κ3) is 10.0. The molecule has 11 atom stereocenters. The van der Waals surface area contributed by atoms with Crippen molar-refractivity contribution in [2.75, 3.05) is 13.2 Å². The van der Waals surface area contributed by atoms with Crippen molar-refractivity contribution in [1.82, 2.24) is 0 Å². The average molecular weight is 745 g/mol. The summed E-state index contributed by atoms with van der Waals surface area (Å²) in [5.74, 6) is -0.428. The molecule has 54 heavy (non-hydrogen) atoms. The van der Waals surface area contributed by atoms with E-state index in [1.807, 2.05) is 87.5 Å². The Bertz CT molecular complexity index is 1570. The molecule has 7 rings (SSSR count). The molecule has 3 aromatic rings. The smallest absolute Gasteiger partial charge is 0.187 e. The number of hydrogen-bond donors (Lipinski definition) is 0. The topological polar surface area (TPSA) is 92.3 Å². The minimum atomic E-state index is -0.886. The summed E-state index contributed by atoms with van der Waals surface area (Å²) in [6, 6.07) is 30.4. The van der Waals surface area contributed by atoms with E-state index in [4.69, 9.17) is 47.4 Å². The van der Waals surface area contributed by atoms with Crippen LogP contribution in [0.25, 0.3) is 0 Å². The zero-order chi connectivity index (χ0) is 37.5. The second-order valence-corrected chi connectivity index (χ2v) is 15.2. The van der Waals surface area contributed by atoms with Crippen molar-refractivity contribution in [3.05, 3.63) is 120 Å². The minimum absolute atomic E-state index is 0.0531. The lowest BCUT2D eigenvalue weighted by Crippen LogP contribution is -2.65. The van der Waals surface area contributed by atoms with Crippen LogP contribution in [-0.4, -0.2) is 86.5 Å². The van der Waals surface area contributed by atoms with E-state index in [1.165, 1.54) is 0 Å². The van der Waals surface area contributed by atoms with E-state index in [-0.39, 0.29) is 12.7 Å². The predicted octanol–water partition coefficient (Wildman–Crippen LogP) is 7.14. The maximum Gasteiger partial charge on any atom is 0.187 e. The monoisotopic (exact) mass is 744 g/mol. The Balaban J connectivity index is 1.21. The fourth-order valence-electron chi connectivity index (χ4n) is 7.54. The molecule has 3 heterocycles. The number of rotatable bonds is 18. The molecule has 0 aromatic heterocycles. The number of ether oxygens (including phenoxy) is 10. The standard InChI is InChI=1S/C44H56O10/c1-6-24-46-42-41-39(53-44(4,5)54-41)36(30(3)50-42)52-43-40(49-29(2)34-22-23-34)38(48-27-33-20-14-9-15-21-33)37(47-26-32-18-12-8-13-19-32)35(51-43)28-45-25-31-16-10-7-11-17-31/h6-21,29-30,34-43H,1,22-28H2,2-5H3/t29?,30-,35+,36-,37+,38-,39+,40+,41+,42+,43+/m0/s1. The van der Waals surface area contributed by atoms with Gasteiger partial charge in [0.1, 0.15) is 42.7 Å².